The Balaban J connectivity index is 1.78. The van der Waals surface area contributed by atoms with E-state index in [2.05, 4.69) is 49.0 Å². The molecule has 6 heteroatoms. The molecular weight excluding hydrogens is 324 g/mol. The zero-order valence-corrected chi connectivity index (χ0v) is 14.9. The molecule has 1 saturated carbocycles. The van der Waals surface area contributed by atoms with E-state index in [1.165, 1.54) is 32.1 Å². The zero-order valence-electron chi connectivity index (χ0n) is 14.9. The molecule has 2 heterocycles. The Morgan fingerprint density at radius 1 is 0.769 bits per heavy atom. The third-order valence-electron chi connectivity index (χ3n) is 5.94. The number of rotatable bonds is 3. The molecule has 0 spiro atoms. The molecule has 0 radical (unpaired) electrons. The van der Waals surface area contributed by atoms with Crippen molar-refractivity contribution >= 4 is 22.1 Å². The standard InChI is InChI=1S/C20H22N6/c1-20(15-9-3-2-4-10-15,25-18-13-7-5-11-16(18)21-23-25)26-19-14-8-6-12-17(19)22-24-26/h5-8,11-15H,2-4,9-10H2,1H3. The SMILES string of the molecule is CC(C1CCCCC1)(n1nnc2ccccc21)n1nnc2ccccc21. The summed E-state index contributed by atoms with van der Waals surface area (Å²) < 4.78 is 4.14. The molecule has 0 unspecified atom stereocenters. The number of hydrogen-bond acceptors (Lipinski definition) is 4. The molecule has 0 saturated heterocycles. The molecule has 2 aromatic carbocycles. The van der Waals surface area contributed by atoms with Crippen LogP contribution in [0.4, 0.5) is 0 Å². The number of hydrogen-bond donors (Lipinski definition) is 0. The van der Waals surface area contributed by atoms with Gasteiger partial charge < -0.3 is 0 Å². The van der Waals surface area contributed by atoms with Gasteiger partial charge in [0.15, 0.2) is 5.66 Å². The molecule has 0 N–H and O–H groups in total. The summed E-state index contributed by atoms with van der Waals surface area (Å²) in [6.45, 7) is 2.24. The van der Waals surface area contributed by atoms with Crippen LogP contribution in [0.5, 0.6) is 0 Å². The predicted molar refractivity (Wildman–Crippen MR) is 101 cm³/mol. The summed E-state index contributed by atoms with van der Waals surface area (Å²) in [5.74, 6) is 0.437. The van der Waals surface area contributed by atoms with Crippen LogP contribution in [-0.2, 0) is 5.66 Å². The van der Waals surface area contributed by atoms with E-state index in [0.29, 0.717) is 5.92 Å². The predicted octanol–water partition coefficient (Wildman–Crippen LogP) is 3.98. The van der Waals surface area contributed by atoms with Gasteiger partial charge in [-0.15, -0.1) is 10.2 Å². The molecule has 4 aromatic rings. The van der Waals surface area contributed by atoms with Crippen LogP contribution in [0.3, 0.4) is 0 Å². The molecule has 0 amide bonds. The highest BCUT2D eigenvalue weighted by molar-refractivity contribution is 5.76. The molecule has 2 aromatic heterocycles. The Labute approximate surface area is 151 Å². The quantitative estimate of drug-likeness (QED) is 0.563. The fourth-order valence-electron chi connectivity index (χ4n) is 4.49. The first kappa shape index (κ1) is 15.5. The summed E-state index contributed by atoms with van der Waals surface area (Å²) in [5.41, 5.74) is 3.48. The van der Waals surface area contributed by atoms with Crippen LogP contribution in [0.25, 0.3) is 22.1 Å². The van der Waals surface area contributed by atoms with Crippen molar-refractivity contribution in [2.75, 3.05) is 0 Å². The second-order valence-electron chi connectivity index (χ2n) is 7.41. The molecule has 1 aliphatic rings. The normalized spacial score (nSPS) is 16.5. The summed E-state index contributed by atoms with van der Waals surface area (Å²) in [6, 6.07) is 16.3. The third kappa shape index (κ3) is 2.18. The van der Waals surface area contributed by atoms with Crippen molar-refractivity contribution in [3.05, 3.63) is 48.5 Å². The van der Waals surface area contributed by atoms with Crippen molar-refractivity contribution in [1.29, 1.82) is 0 Å². The number of aromatic nitrogens is 6. The van der Waals surface area contributed by atoms with E-state index in [0.717, 1.165) is 22.1 Å². The fourth-order valence-corrected chi connectivity index (χ4v) is 4.49. The lowest BCUT2D eigenvalue weighted by Crippen LogP contribution is -2.47. The largest absolute Gasteiger partial charge is 0.217 e. The van der Waals surface area contributed by atoms with Crippen LogP contribution in [0.1, 0.15) is 39.0 Å². The van der Waals surface area contributed by atoms with Gasteiger partial charge >= 0.3 is 0 Å². The lowest BCUT2D eigenvalue weighted by Gasteiger charge is -2.40. The molecule has 1 aliphatic carbocycles. The topological polar surface area (TPSA) is 61.4 Å². The van der Waals surface area contributed by atoms with Gasteiger partial charge in [0.1, 0.15) is 11.0 Å². The van der Waals surface area contributed by atoms with E-state index in [1.54, 1.807) is 0 Å². The monoisotopic (exact) mass is 346 g/mol. The van der Waals surface area contributed by atoms with Crippen molar-refractivity contribution < 1.29 is 0 Å². The highest BCUT2D eigenvalue weighted by Crippen LogP contribution is 2.40. The second-order valence-corrected chi connectivity index (χ2v) is 7.41. The summed E-state index contributed by atoms with van der Waals surface area (Å²) in [6.07, 6.45) is 6.14. The molecule has 0 aliphatic heterocycles. The average Bonchev–Trinajstić information content (AvgIpc) is 3.33. The summed E-state index contributed by atoms with van der Waals surface area (Å²) >= 11 is 0. The highest BCUT2D eigenvalue weighted by Gasteiger charge is 2.42. The number of fused-ring (bicyclic) bond motifs is 2. The second kappa shape index (κ2) is 5.90. The molecule has 0 bridgehead atoms. The third-order valence-corrected chi connectivity index (χ3v) is 5.94. The maximum Gasteiger partial charge on any atom is 0.158 e. The average molecular weight is 346 g/mol. The van der Waals surface area contributed by atoms with Gasteiger partial charge in [-0.2, -0.15) is 0 Å². The first-order valence-electron chi connectivity index (χ1n) is 9.40. The molecule has 6 nitrogen and oxygen atoms in total. The molecule has 5 rings (SSSR count). The lowest BCUT2D eigenvalue weighted by molar-refractivity contribution is 0.0866. The summed E-state index contributed by atoms with van der Waals surface area (Å²) in [7, 11) is 0. The van der Waals surface area contributed by atoms with Crippen LogP contribution in [0.15, 0.2) is 48.5 Å². The maximum absolute atomic E-state index is 4.58. The molecule has 26 heavy (non-hydrogen) atoms. The molecule has 1 fully saturated rings. The van der Waals surface area contributed by atoms with Gasteiger partial charge in [-0.05, 0) is 44.0 Å². The van der Waals surface area contributed by atoms with Gasteiger partial charge in [0.05, 0.1) is 11.0 Å². The van der Waals surface area contributed by atoms with Crippen molar-refractivity contribution in [2.24, 2.45) is 5.92 Å². The van der Waals surface area contributed by atoms with E-state index >= 15 is 0 Å². The zero-order chi connectivity index (χ0) is 17.6. The minimum atomic E-state index is -0.438. The lowest BCUT2D eigenvalue weighted by atomic mass is 9.80. The van der Waals surface area contributed by atoms with E-state index in [1.807, 2.05) is 36.4 Å². The molecule has 0 atom stereocenters. The van der Waals surface area contributed by atoms with Crippen LogP contribution >= 0.6 is 0 Å². The van der Waals surface area contributed by atoms with E-state index in [9.17, 15) is 0 Å². The van der Waals surface area contributed by atoms with E-state index < -0.39 is 5.66 Å². The van der Waals surface area contributed by atoms with Gasteiger partial charge in [-0.3, -0.25) is 0 Å². The van der Waals surface area contributed by atoms with Crippen molar-refractivity contribution in [1.82, 2.24) is 30.0 Å². The summed E-state index contributed by atoms with van der Waals surface area (Å²) in [4.78, 5) is 0. The van der Waals surface area contributed by atoms with Gasteiger partial charge in [-0.1, -0.05) is 54.0 Å². The van der Waals surface area contributed by atoms with E-state index in [4.69, 9.17) is 0 Å². The minimum absolute atomic E-state index is 0.437. The van der Waals surface area contributed by atoms with E-state index in [-0.39, 0.29) is 0 Å². The van der Waals surface area contributed by atoms with Gasteiger partial charge in [0.25, 0.3) is 0 Å². The Morgan fingerprint density at radius 3 is 1.81 bits per heavy atom. The number of nitrogens with zero attached hydrogens (tertiary/aromatic N) is 6. The minimum Gasteiger partial charge on any atom is -0.217 e. The van der Waals surface area contributed by atoms with Crippen LogP contribution in [0.2, 0.25) is 0 Å². The Bertz CT molecular complexity index is 982. The van der Waals surface area contributed by atoms with Crippen LogP contribution in [0, 0.1) is 5.92 Å². The number of para-hydroxylation sites is 2. The number of benzene rings is 2. The smallest absolute Gasteiger partial charge is 0.158 e. The molecule has 132 valence electrons. The fraction of sp³-hybridized carbons (Fsp3) is 0.400. The van der Waals surface area contributed by atoms with Crippen molar-refractivity contribution in [3.63, 3.8) is 0 Å². The van der Waals surface area contributed by atoms with Crippen LogP contribution < -0.4 is 0 Å². The van der Waals surface area contributed by atoms with Gasteiger partial charge in [0.2, 0.25) is 0 Å². The molecular formula is C20H22N6. The Hall–Kier alpha value is -2.76. The van der Waals surface area contributed by atoms with Gasteiger partial charge in [0, 0.05) is 5.92 Å². The first-order chi connectivity index (χ1) is 12.8. The van der Waals surface area contributed by atoms with Crippen molar-refractivity contribution in [2.45, 2.75) is 44.7 Å². The first-order valence-corrected chi connectivity index (χ1v) is 9.40. The Kier molecular flexibility index (Phi) is 3.51. The van der Waals surface area contributed by atoms with Crippen LogP contribution in [-0.4, -0.2) is 30.0 Å². The van der Waals surface area contributed by atoms with Gasteiger partial charge in [-0.25, -0.2) is 9.36 Å². The highest BCUT2D eigenvalue weighted by atomic mass is 15.6. The Morgan fingerprint density at radius 2 is 1.27 bits per heavy atom. The summed E-state index contributed by atoms with van der Waals surface area (Å²) in [5, 5.41) is 18.0. The van der Waals surface area contributed by atoms with Crippen molar-refractivity contribution in [3.8, 4) is 0 Å². The maximum atomic E-state index is 4.58.